The molecule has 1 heterocycles. The summed E-state index contributed by atoms with van der Waals surface area (Å²) in [7, 11) is 0. The predicted molar refractivity (Wildman–Crippen MR) is 56.3 cm³/mol. The fourth-order valence-electron chi connectivity index (χ4n) is 1.22. The molecule has 0 unspecified atom stereocenters. The second kappa shape index (κ2) is 3.26. The van der Waals surface area contributed by atoms with E-state index < -0.39 is 0 Å². The number of hydrogen-bond acceptors (Lipinski definition) is 2. The smallest absolute Gasteiger partial charge is 0.197 e. The minimum atomic E-state index is 0.451. The van der Waals surface area contributed by atoms with Gasteiger partial charge in [-0.1, -0.05) is 34.1 Å². The number of benzene rings is 1. The molecule has 0 fully saturated rings. The summed E-state index contributed by atoms with van der Waals surface area (Å²) in [6, 6.07) is 9.75. The van der Waals surface area contributed by atoms with Crippen LogP contribution < -0.4 is 5.73 Å². The third-order valence-corrected chi connectivity index (χ3v) is 2.55. The van der Waals surface area contributed by atoms with Crippen LogP contribution in [0.3, 0.4) is 0 Å². The average Bonchev–Trinajstić information content (AvgIpc) is 2.52. The minimum absolute atomic E-state index is 0.451. The van der Waals surface area contributed by atoms with Gasteiger partial charge in [-0.3, -0.25) is 0 Å². The molecular weight excluding hydrogens is 230 g/mol. The van der Waals surface area contributed by atoms with Crippen molar-refractivity contribution in [3.8, 4) is 11.1 Å². The molecule has 0 radical (unpaired) electrons. The van der Waals surface area contributed by atoms with Gasteiger partial charge in [-0.2, -0.15) is 0 Å². The van der Waals surface area contributed by atoms with Crippen LogP contribution in [0.15, 0.2) is 45.5 Å². The lowest BCUT2D eigenvalue weighted by Gasteiger charge is -2.00. The lowest BCUT2D eigenvalue weighted by molar-refractivity contribution is 0.588. The Balaban J connectivity index is 2.59. The molecule has 66 valence electrons. The van der Waals surface area contributed by atoms with E-state index >= 15 is 0 Å². The molecule has 13 heavy (non-hydrogen) atoms. The molecule has 2 nitrogen and oxygen atoms in total. The molecule has 0 atom stereocenters. The molecule has 0 aliphatic rings. The molecular formula is C10H8BrNO. The molecule has 0 aliphatic heterocycles. The Hall–Kier alpha value is -1.22. The van der Waals surface area contributed by atoms with Crippen molar-refractivity contribution in [3.05, 3.63) is 41.1 Å². The Kier molecular flexibility index (Phi) is 2.10. The van der Waals surface area contributed by atoms with Crippen molar-refractivity contribution in [2.24, 2.45) is 0 Å². The maximum Gasteiger partial charge on any atom is 0.197 e. The lowest BCUT2D eigenvalue weighted by atomic mass is 10.1. The molecule has 0 spiro atoms. The van der Waals surface area contributed by atoms with Crippen LogP contribution in [-0.2, 0) is 0 Å². The maximum atomic E-state index is 5.65. The summed E-state index contributed by atoms with van der Waals surface area (Å²) >= 11 is 3.45. The second-order valence-electron chi connectivity index (χ2n) is 2.68. The second-order valence-corrected chi connectivity index (χ2v) is 3.53. The fourth-order valence-corrected chi connectivity index (χ4v) is 1.72. The third-order valence-electron chi connectivity index (χ3n) is 1.86. The predicted octanol–water partition coefficient (Wildman–Crippen LogP) is 3.29. The standard InChI is InChI=1S/C10H8BrNO/c11-9-4-2-1-3-7(9)8-5-6-13-10(8)12/h1-6H,12H2. The number of rotatable bonds is 1. The van der Waals surface area contributed by atoms with Crippen molar-refractivity contribution in [1.82, 2.24) is 0 Å². The third kappa shape index (κ3) is 1.47. The van der Waals surface area contributed by atoms with Gasteiger partial charge in [0.1, 0.15) is 0 Å². The van der Waals surface area contributed by atoms with E-state index in [-0.39, 0.29) is 0 Å². The SMILES string of the molecule is Nc1occc1-c1ccccc1Br. The Morgan fingerprint density at radius 2 is 1.85 bits per heavy atom. The van der Waals surface area contributed by atoms with Crippen molar-refractivity contribution in [2.75, 3.05) is 5.73 Å². The van der Waals surface area contributed by atoms with Crippen molar-refractivity contribution >= 4 is 21.8 Å². The highest BCUT2D eigenvalue weighted by atomic mass is 79.9. The molecule has 0 aliphatic carbocycles. The number of furan rings is 1. The zero-order valence-corrected chi connectivity index (χ0v) is 8.41. The van der Waals surface area contributed by atoms with Gasteiger partial charge in [0, 0.05) is 15.6 Å². The molecule has 2 rings (SSSR count). The Labute approximate surface area is 84.5 Å². The Morgan fingerprint density at radius 1 is 1.08 bits per heavy atom. The van der Waals surface area contributed by atoms with E-state index in [4.69, 9.17) is 10.2 Å². The molecule has 2 N–H and O–H groups in total. The van der Waals surface area contributed by atoms with Crippen LogP contribution in [0.2, 0.25) is 0 Å². The first-order valence-corrected chi connectivity index (χ1v) is 4.66. The van der Waals surface area contributed by atoms with E-state index in [1.165, 1.54) is 0 Å². The summed E-state index contributed by atoms with van der Waals surface area (Å²) in [6.45, 7) is 0. The zero-order valence-electron chi connectivity index (χ0n) is 6.83. The highest BCUT2D eigenvalue weighted by molar-refractivity contribution is 9.10. The van der Waals surface area contributed by atoms with Gasteiger partial charge in [0.15, 0.2) is 5.88 Å². The summed E-state index contributed by atoms with van der Waals surface area (Å²) in [5, 5.41) is 0. The highest BCUT2D eigenvalue weighted by Crippen LogP contribution is 2.32. The zero-order chi connectivity index (χ0) is 9.26. The van der Waals surface area contributed by atoms with Gasteiger partial charge in [-0.05, 0) is 12.1 Å². The van der Waals surface area contributed by atoms with Gasteiger partial charge in [-0.15, -0.1) is 0 Å². The Bertz CT molecular complexity index is 422. The summed E-state index contributed by atoms with van der Waals surface area (Å²) in [4.78, 5) is 0. The van der Waals surface area contributed by atoms with Gasteiger partial charge >= 0.3 is 0 Å². The van der Waals surface area contributed by atoms with E-state index in [2.05, 4.69) is 15.9 Å². The first kappa shape index (κ1) is 8.38. The number of nitrogen functional groups attached to an aromatic ring is 1. The van der Waals surface area contributed by atoms with Gasteiger partial charge in [-0.25, -0.2) is 0 Å². The van der Waals surface area contributed by atoms with E-state index in [1.807, 2.05) is 30.3 Å². The van der Waals surface area contributed by atoms with E-state index in [0.29, 0.717) is 5.88 Å². The molecule has 0 saturated heterocycles. The van der Waals surface area contributed by atoms with E-state index in [1.54, 1.807) is 6.26 Å². The van der Waals surface area contributed by atoms with Crippen LogP contribution in [0.25, 0.3) is 11.1 Å². The van der Waals surface area contributed by atoms with E-state index in [9.17, 15) is 0 Å². The summed E-state index contributed by atoms with van der Waals surface area (Å²) in [5.41, 5.74) is 7.63. The van der Waals surface area contributed by atoms with Crippen LogP contribution in [0.4, 0.5) is 5.88 Å². The topological polar surface area (TPSA) is 39.2 Å². The molecule has 0 saturated carbocycles. The monoisotopic (exact) mass is 237 g/mol. The largest absolute Gasteiger partial charge is 0.449 e. The van der Waals surface area contributed by atoms with Crippen molar-refractivity contribution in [1.29, 1.82) is 0 Å². The molecule has 2 aromatic rings. The van der Waals surface area contributed by atoms with Crippen LogP contribution in [0.5, 0.6) is 0 Å². The van der Waals surface area contributed by atoms with Gasteiger partial charge < -0.3 is 10.2 Å². The Morgan fingerprint density at radius 3 is 2.46 bits per heavy atom. The van der Waals surface area contributed by atoms with Crippen LogP contribution >= 0.6 is 15.9 Å². The number of anilines is 1. The molecule has 1 aromatic heterocycles. The summed E-state index contributed by atoms with van der Waals surface area (Å²) in [5.74, 6) is 0.451. The van der Waals surface area contributed by atoms with Gasteiger partial charge in [0.05, 0.1) is 6.26 Å². The van der Waals surface area contributed by atoms with Crippen molar-refractivity contribution < 1.29 is 4.42 Å². The van der Waals surface area contributed by atoms with Gasteiger partial charge in [0.25, 0.3) is 0 Å². The van der Waals surface area contributed by atoms with Gasteiger partial charge in [0.2, 0.25) is 0 Å². The number of nitrogens with two attached hydrogens (primary N) is 1. The first-order valence-electron chi connectivity index (χ1n) is 3.87. The van der Waals surface area contributed by atoms with Crippen molar-refractivity contribution in [2.45, 2.75) is 0 Å². The minimum Gasteiger partial charge on any atom is -0.449 e. The first-order chi connectivity index (χ1) is 6.29. The van der Waals surface area contributed by atoms with Crippen LogP contribution in [-0.4, -0.2) is 0 Å². The lowest BCUT2D eigenvalue weighted by Crippen LogP contribution is -1.85. The number of hydrogen-bond donors (Lipinski definition) is 1. The normalized spacial score (nSPS) is 10.2. The quantitative estimate of drug-likeness (QED) is 0.827. The molecule has 0 bridgehead atoms. The highest BCUT2D eigenvalue weighted by Gasteiger charge is 2.07. The molecule has 1 aromatic carbocycles. The van der Waals surface area contributed by atoms with Crippen LogP contribution in [0, 0.1) is 0 Å². The fraction of sp³-hybridized carbons (Fsp3) is 0. The maximum absolute atomic E-state index is 5.65. The van der Waals surface area contributed by atoms with Crippen LogP contribution in [0.1, 0.15) is 0 Å². The van der Waals surface area contributed by atoms with E-state index in [0.717, 1.165) is 15.6 Å². The molecule has 3 heteroatoms. The summed E-state index contributed by atoms with van der Waals surface area (Å²) < 4.78 is 6.05. The summed E-state index contributed by atoms with van der Waals surface area (Å²) in [6.07, 6.45) is 1.59. The average molecular weight is 238 g/mol. The molecule has 0 amide bonds. The number of halogens is 1. The van der Waals surface area contributed by atoms with Crippen molar-refractivity contribution in [3.63, 3.8) is 0 Å².